The summed E-state index contributed by atoms with van der Waals surface area (Å²) in [5.41, 5.74) is 3.51. The number of ether oxygens (including phenoxy) is 2. The van der Waals surface area contributed by atoms with Crippen molar-refractivity contribution in [2.24, 2.45) is 5.92 Å². The van der Waals surface area contributed by atoms with E-state index < -0.39 is 8.07 Å². The summed E-state index contributed by atoms with van der Waals surface area (Å²) in [4.78, 5) is 13.8. The number of anilines is 1. The standard InChI is InChI=1S/C31H42N4O4Si/c1-22-28(13-8-23-6-5-7-25(20-23)35-18-15-30(35)37)39-29(14-17-34-21-24(16-19-36)32-33-34)31(22)40(3,4)27-11-9-26(38-2)10-12-27/h5-7,9-12,20-22,28-29,31,36H,8,13-19H2,1-4H3/t22-,28+,29-,31+/m0/s1. The first-order chi connectivity index (χ1) is 19.3. The zero-order chi connectivity index (χ0) is 28.3. The number of β-lactam (4-membered cyclic amide) rings is 1. The van der Waals surface area contributed by atoms with E-state index in [4.69, 9.17) is 9.47 Å². The maximum Gasteiger partial charge on any atom is 0.228 e. The number of carbonyl (C=O) groups excluding carboxylic acids is 1. The van der Waals surface area contributed by atoms with Gasteiger partial charge in [0.1, 0.15) is 5.75 Å². The normalized spacial score (nSPS) is 22.9. The third kappa shape index (κ3) is 6.01. The fourth-order valence-electron chi connectivity index (χ4n) is 6.63. The molecule has 5 rings (SSSR count). The van der Waals surface area contributed by atoms with Gasteiger partial charge in [0.25, 0.3) is 0 Å². The molecule has 1 amide bonds. The van der Waals surface area contributed by atoms with Gasteiger partial charge >= 0.3 is 0 Å². The van der Waals surface area contributed by atoms with E-state index in [9.17, 15) is 9.90 Å². The van der Waals surface area contributed by atoms with Crippen LogP contribution in [-0.4, -0.2) is 66.6 Å². The van der Waals surface area contributed by atoms with E-state index in [0.29, 0.717) is 24.3 Å². The Labute approximate surface area is 238 Å². The number of rotatable bonds is 12. The number of aromatic nitrogens is 3. The minimum Gasteiger partial charge on any atom is -0.497 e. The number of aryl methyl sites for hydroxylation is 2. The number of hydrogen-bond donors (Lipinski definition) is 1. The summed E-state index contributed by atoms with van der Waals surface area (Å²) in [6.07, 6.45) is 6.12. The smallest absolute Gasteiger partial charge is 0.228 e. The molecule has 2 aromatic carbocycles. The first kappa shape index (κ1) is 28.5. The lowest BCUT2D eigenvalue weighted by Gasteiger charge is -2.36. The van der Waals surface area contributed by atoms with Crippen LogP contribution in [0.5, 0.6) is 5.75 Å². The highest BCUT2D eigenvalue weighted by Gasteiger charge is 2.50. The fourth-order valence-corrected chi connectivity index (χ4v) is 10.7. The van der Waals surface area contributed by atoms with Crippen LogP contribution in [0.15, 0.2) is 54.7 Å². The predicted octanol–water partition coefficient (Wildman–Crippen LogP) is 3.97. The van der Waals surface area contributed by atoms with E-state index in [1.165, 1.54) is 10.8 Å². The molecule has 1 aromatic heterocycles. The molecule has 3 aromatic rings. The maximum absolute atomic E-state index is 12.0. The van der Waals surface area contributed by atoms with Gasteiger partial charge in [-0.15, -0.1) is 5.10 Å². The van der Waals surface area contributed by atoms with E-state index in [1.807, 2.05) is 21.8 Å². The van der Waals surface area contributed by atoms with Crippen LogP contribution in [0.2, 0.25) is 18.6 Å². The highest BCUT2D eigenvalue weighted by atomic mass is 28.3. The van der Waals surface area contributed by atoms with Crippen molar-refractivity contribution < 1.29 is 19.4 Å². The Kier molecular flexibility index (Phi) is 8.73. The maximum atomic E-state index is 12.0. The van der Waals surface area contributed by atoms with E-state index >= 15 is 0 Å². The minimum absolute atomic E-state index is 0.0740. The predicted molar refractivity (Wildman–Crippen MR) is 159 cm³/mol. The minimum atomic E-state index is -1.94. The van der Waals surface area contributed by atoms with Crippen molar-refractivity contribution in [3.8, 4) is 5.75 Å². The van der Waals surface area contributed by atoms with Gasteiger partial charge < -0.3 is 19.5 Å². The average molecular weight is 563 g/mol. The molecular weight excluding hydrogens is 520 g/mol. The van der Waals surface area contributed by atoms with Gasteiger partial charge in [0, 0.05) is 44.4 Å². The second-order valence-corrected chi connectivity index (χ2v) is 16.5. The van der Waals surface area contributed by atoms with Crippen LogP contribution in [0.25, 0.3) is 0 Å². The molecule has 2 fully saturated rings. The Morgan fingerprint density at radius 3 is 2.58 bits per heavy atom. The molecule has 2 aliphatic heterocycles. The fraction of sp³-hybridized carbons (Fsp3) is 0.516. The van der Waals surface area contributed by atoms with Gasteiger partial charge in [0.2, 0.25) is 5.91 Å². The SMILES string of the molecule is COc1ccc([Si](C)(C)[C@@H]2[C@@H](C)[C@@H](CCc3cccc(N4CCC4=O)c3)O[C@H]2CCn2cc(CCO)nn2)cc1. The van der Waals surface area contributed by atoms with Crippen LogP contribution in [0.4, 0.5) is 5.69 Å². The Morgan fingerprint density at radius 1 is 1.10 bits per heavy atom. The second kappa shape index (κ2) is 12.2. The number of aliphatic hydroxyl groups excluding tert-OH is 1. The number of amides is 1. The van der Waals surface area contributed by atoms with Gasteiger partial charge in [-0.3, -0.25) is 9.48 Å². The molecule has 2 aliphatic rings. The van der Waals surface area contributed by atoms with Crippen LogP contribution in [0.1, 0.15) is 37.4 Å². The van der Waals surface area contributed by atoms with E-state index in [-0.39, 0.29) is 24.7 Å². The van der Waals surface area contributed by atoms with Gasteiger partial charge in [-0.1, -0.05) is 54.7 Å². The molecule has 0 saturated carbocycles. The number of hydrogen-bond acceptors (Lipinski definition) is 6. The van der Waals surface area contributed by atoms with Gasteiger partial charge in [0.15, 0.2) is 0 Å². The van der Waals surface area contributed by atoms with E-state index in [1.54, 1.807) is 7.11 Å². The molecule has 0 bridgehead atoms. The summed E-state index contributed by atoms with van der Waals surface area (Å²) in [7, 11) is -0.229. The Balaban J connectivity index is 1.32. The number of benzene rings is 2. The molecule has 8 nitrogen and oxygen atoms in total. The summed E-state index contributed by atoms with van der Waals surface area (Å²) in [5, 5.41) is 19.1. The van der Waals surface area contributed by atoms with E-state index in [2.05, 4.69) is 72.8 Å². The van der Waals surface area contributed by atoms with Gasteiger partial charge in [-0.25, -0.2) is 0 Å². The van der Waals surface area contributed by atoms with Gasteiger partial charge in [0.05, 0.1) is 33.1 Å². The van der Waals surface area contributed by atoms with Crippen molar-refractivity contribution in [3.63, 3.8) is 0 Å². The van der Waals surface area contributed by atoms with Crippen molar-refractivity contribution in [2.45, 2.75) is 76.4 Å². The van der Waals surface area contributed by atoms with Crippen LogP contribution in [0, 0.1) is 5.92 Å². The summed E-state index contributed by atoms with van der Waals surface area (Å²) in [6, 6.07) is 17.0. The molecule has 2 saturated heterocycles. The van der Waals surface area contributed by atoms with Crippen LogP contribution in [-0.2, 0) is 28.9 Å². The average Bonchev–Trinajstić information content (AvgIpc) is 3.53. The Hall–Kier alpha value is -3.01. The largest absolute Gasteiger partial charge is 0.497 e. The second-order valence-electron chi connectivity index (χ2n) is 11.8. The molecule has 0 spiro atoms. The molecule has 4 atom stereocenters. The molecule has 40 heavy (non-hydrogen) atoms. The topological polar surface area (TPSA) is 89.7 Å². The van der Waals surface area contributed by atoms with Crippen molar-refractivity contribution >= 4 is 24.9 Å². The quantitative estimate of drug-likeness (QED) is 0.265. The molecule has 214 valence electrons. The first-order valence-corrected chi connectivity index (χ1v) is 17.6. The molecule has 0 unspecified atom stereocenters. The van der Waals surface area contributed by atoms with Crippen molar-refractivity contribution in [3.05, 3.63) is 66.0 Å². The monoisotopic (exact) mass is 562 g/mol. The van der Waals surface area contributed by atoms with Crippen LogP contribution in [0.3, 0.4) is 0 Å². The highest BCUT2D eigenvalue weighted by molar-refractivity contribution is 6.91. The molecular formula is C31H42N4O4Si. The molecule has 3 heterocycles. The highest BCUT2D eigenvalue weighted by Crippen LogP contribution is 2.46. The van der Waals surface area contributed by atoms with E-state index in [0.717, 1.165) is 49.5 Å². The third-order valence-corrected chi connectivity index (χ3v) is 13.3. The van der Waals surface area contributed by atoms with Crippen molar-refractivity contribution in [1.29, 1.82) is 0 Å². The molecule has 0 aliphatic carbocycles. The lowest BCUT2D eigenvalue weighted by molar-refractivity contribution is -0.122. The lowest BCUT2D eigenvalue weighted by Crippen LogP contribution is -2.50. The van der Waals surface area contributed by atoms with Gasteiger partial charge in [-0.05, 0) is 60.6 Å². The number of methoxy groups -OCH3 is 1. The van der Waals surface area contributed by atoms with Crippen molar-refractivity contribution in [1.82, 2.24) is 15.0 Å². The third-order valence-electron chi connectivity index (χ3n) is 8.96. The Morgan fingerprint density at radius 2 is 1.90 bits per heavy atom. The lowest BCUT2D eigenvalue weighted by atomic mass is 9.95. The summed E-state index contributed by atoms with van der Waals surface area (Å²) in [5.74, 6) is 1.50. The van der Waals surface area contributed by atoms with Crippen LogP contribution >= 0.6 is 0 Å². The summed E-state index contributed by atoms with van der Waals surface area (Å²) < 4.78 is 14.2. The number of carbonyl (C=O) groups is 1. The molecule has 9 heteroatoms. The first-order valence-electron chi connectivity index (χ1n) is 14.5. The molecule has 1 N–H and O–H groups in total. The zero-order valence-corrected chi connectivity index (χ0v) is 25.1. The Bertz CT molecular complexity index is 1290. The summed E-state index contributed by atoms with van der Waals surface area (Å²) >= 11 is 0. The number of aliphatic hydroxyl groups is 1. The zero-order valence-electron chi connectivity index (χ0n) is 24.1. The molecule has 0 radical (unpaired) electrons. The van der Waals surface area contributed by atoms with Crippen LogP contribution < -0.4 is 14.8 Å². The van der Waals surface area contributed by atoms with Crippen molar-refractivity contribution in [2.75, 3.05) is 25.2 Å². The summed E-state index contributed by atoms with van der Waals surface area (Å²) in [6.45, 7) is 8.93. The number of nitrogens with zero attached hydrogens (tertiary/aromatic N) is 4. The van der Waals surface area contributed by atoms with Gasteiger partial charge in [-0.2, -0.15) is 0 Å².